The predicted molar refractivity (Wildman–Crippen MR) is 52.9 cm³/mol. The summed E-state index contributed by atoms with van der Waals surface area (Å²) in [6.07, 6.45) is 0.485. The van der Waals surface area contributed by atoms with Gasteiger partial charge in [-0.05, 0) is 12.1 Å². The fourth-order valence-electron chi connectivity index (χ4n) is 1.09. The first-order valence-electron chi connectivity index (χ1n) is 3.91. The topological polar surface area (TPSA) is 67.2 Å². The van der Waals surface area contributed by atoms with Gasteiger partial charge in [0.2, 0.25) is 0 Å². The van der Waals surface area contributed by atoms with Crippen molar-refractivity contribution in [2.24, 2.45) is 0 Å². The van der Waals surface area contributed by atoms with Gasteiger partial charge in [-0.3, -0.25) is 4.79 Å². The summed E-state index contributed by atoms with van der Waals surface area (Å²) >= 11 is 5.78. The molecule has 0 aliphatic heterocycles. The van der Waals surface area contributed by atoms with Gasteiger partial charge >= 0.3 is 5.97 Å². The van der Waals surface area contributed by atoms with Gasteiger partial charge < -0.3 is 4.74 Å². The van der Waals surface area contributed by atoms with Gasteiger partial charge in [-0.15, -0.1) is 0 Å². The van der Waals surface area contributed by atoms with Crippen LogP contribution in [0.5, 0.6) is 0 Å². The van der Waals surface area contributed by atoms with Gasteiger partial charge in [0, 0.05) is 5.56 Å². The molecular formula is C10H6ClNO3. The summed E-state index contributed by atoms with van der Waals surface area (Å²) in [6.45, 7) is 0. The minimum absolute atomic E-state index is 0.0612. The Hall–Kier alpha value is -1.86. The summed E-state index contributed by atoms with van der Waals surface area (Å²) in [4.78, 5) is 22.0. The number of hydrogen-bond acceptors (Lipinski definition) is 4. The highest BCUT2D eigenvalue weighted by atomic mass is 35.5. The van der Waals surface area contributed by atoms with Crippen molar-refractivity contribution in [1.82, 2.24) is 0 Å². The third kappa shape index (κ3) is 1.97. The number of hydrogen-bond donors (Lipinski definition) is 0. The fraction of sp³-hybridized carbons (Fsp3) is 0.100. The number of esters is 1. The number of ether oxygens (including phenoxy) is 1. The molecule has 0 atom stereocenters. The largest absolute Gasteiger partial charge is 0.465 e. The highest BCUT2D eigenvalue weighted by Gasteiger charge is 2.18. The van der Waals surface area contributed by atoms with Crippen molar-refractivity contribution in [2.45, 2.75) is 0 Å². The molecule has 15 heavy (non-hydrogen) atoms. The Kier molecular flexibility index (Phi) is 3.42. The number of nitriles is 1. The Bertz CT molecular complexity index is 462. The molecule has 0 aromatic heterocycles. The Morgan fingerprint density at radius 1 is 1.60 bits per heavy atom. The van der Waals surface area contributed by atoms with Crippen LogP contribution in [0, 0.1) is 11.3 Å². The summed E-state index contributed by atoms with van der Waals surface area (Å²) in [6, 6.07) is 4.53. The number of aldehydes is 1. The molecule has 0 spiro atoms. The van der Waals surface area contributed by atoms with E-state index in [1.807, 2.05) is 6.07 Å². The van der Waals surface area contributed by atoms with Crippen LogP contribution < -0.4 is 0 Å². The normalized spacial score (nSPS) is 9.13. The number of halogens is 1. The lowest BCUT2D eigenvalue weighted by Crippen LogP contribution is -2.07. The van der Waals surface area contributed by atoms with Crippen molar-refractivity contribution in [2.75, 3.05) is 7.11 Å². The number of methoxy groups -OCH3 is 1. The third-order valence-electron chi connectivity index (χ3n) is 1.81. The van der Waals surface area contributed by atoms with E-state index in [0.29, 0.717) is 6.29 Å². The van der Waals surface area contributed by atoms with E-state index in [0.717, 1.165) is 0 Å². The molecular weight excluding hydrogens is 218 g/mol. The molecule has 0 aliphatic carbocycles. The number of nitrogens with zero attached hydrogens (tertiary/aromatic N) is 1. The minimum Gasteiger partial charge on any atom is -0.465 e. The first-order chi connectivity index (χ1) is 7.15. The highest BCUT2D eigenvalue weighted by Crippen LogP contribution is 2.24. The molecule has 76 valence electrons. The standard InChI is InChI=1S/C10H6ClNO3/c1-15-10(14)8-7(5-13)3-2-6(4-12)9(8)11/h2-3,5H,1H3. The average Bonchev–Trinajstić information content (AvgIpc) is 2.27. The van der Waals surface area contributed by atoms with Gasteiger partial charge in [0.05, 0.1) is 23.3 Å². The molecule has 0 unspecified atom stereocenters. The average molecular weight is 224 g/mol. The zero-order valence-electron chi connectivity index (χ0n) is 7.78. The van der Waals surface area contributed by atoms with Crippen LogP contribution in [0.2, 0.25) is 5.02 Å². The molecule has 0 aliphatic rings. The predicted octanol–water partition coefficient (Wildman–Crippen LogP) is 1.81. The van der Waals surface area contributed by atoms with Gasteiger partial charge in [0.1, 0.15) is 6.07 Å². The number of benzene rings is 1. The first-order valence-corrected chi connectivity index (χ1v) is 4.29. The van der Waals surface area contributed by atoms with Crippen LogP contribution in [0.4, 0.5) is 0 Å². The molecule has 0 heterocycles. The van der Waals surface area contributed by atoms with Crippen LogP contribution in [0.25, 0.3) is 0 Å². The second kappa shape index (κ2) is 4.58. The summed E-state index contributed by atoms with van der Waals surface area (Å²) in [7, 11) is 1.17. The first kappa shape index (κ1) is 11.2. The highest BCUT2D eigenvalue weighted by molar-refractivity contribution is 6.35. The minimum atomic E-state index is -0.737. The molecule has 0 saturated carbocycles. The molecule has 1 aromatic carbocycles. The summed E-state index contributed by atoms with van der Waals surface area (Å²) in [5, 5.41) is 8.62. The Morgan fingerprint density at radius 3 is 2.73 bits per heavy atom. The van der Waals surface area contributed by atoms with Crippen molar-refractivity contribution in [3.05, 3.63) is 33.8 Å². The summed E-state index contributed by atoms with van der Waals surface area (Å²) in [5.74, 6) is -0.737. The number of carbonyl (C=O) groups excluding carboxylic acids is 2. The number of rotatable bonds is 2. The molecule has 0 fully saturated rings. The Labute approximate surface area is 91.0 Å². The molecule has 1 rings (SSSR count). The van der Waals surface area contributed by atoms with E-state index in [4.69, 9.17) is 16.9 Å². The fourth-order valence-corrected chi connectivity index (χ4v) is 1.38. The van der Waals surface area contributed by atoms with E-state index in [2.05, 4.69) is 4.74 Å². The van der Waals surface area contributed by atoms with Crippen LogP contribution >= 0.6 is 11.6 Å². The molecule has 0 radical (unpaired) electrons. The molecule has 0 amide bonds. The molecule has 0 N–H and O–H groups in total. The van der Waals surface area contributed by atoms with Gasteiger partial charge in [0.15, 0.2) is 6.29 Å². The third-order valence-corrected chi connectivity index (χ3v) is 2.20. The van der Waals surface area contributed by atoms with E-state index in [1.165, 1.54) is 19.2 Å². The van der Waals surface area contributed by atoms with Crippen molar-refractivity contribution >= 4 is 23.9 Å². The van der Waals surface area contributed by atoms with E-state index >= 15 is 0 Å². The van der Waals surface area contributed by atoms with E-state index < -0.39 is 5.97 Å². The smallest absolute Gasteiger partial charge is 0.340 e. The van der Waals surface area contributed by atoms with Crippen molar-refractivity contribution in [3.63, 3.8) is 0 Å². The zero-order valence-corrected chi connectivity index (χ0v) is 8.54. The summed E-state index contributed by atoms with van der Waals surface area (Å²) in [5.41, 5.74) is 0.154. The monoisotopic (exact) mass is 223 g/mol. The lowest BCUT2D eigenvalue weighted by atomic mass is 10.1. The second-order valence-electron chi connectivity index (χ2n) is 2.61. The van der Waals surface area contributed by atoms with Crippen LogP contribution in [0.15, 0.2) is 12.1 Å². The molecule has 1 aromatic rings. The van der Waals surface area contributed by atoms with Crippen LogP contribution in [0.1, 0.15) is 26.3 Å². The van der Waals surface area contributed by atoms with E-state index in [-0.39, 0.29) is 21.7 Å². The van der Waals surface area contributed by atoms with E-state index in [1.54, 1.807) is 0 Å². The van der Waals surface area contributed by atoms with Gasteiger partial charge in [-0.1, -0.05) is 11.6 Å². The summed E-state index contributed by atoms with van der Waals surface area (Å²) < 4.78 is 4.47. The molecule has 0 saturated heterocycles. The Morgan fingerprint density at radius 2 is 2.27 bits per heavy atom. The maximum Gasteiger partial charge on any atom is 0.340 e. The van der Waals surface area contributed by atoms with Gasteiger partial charge in [-0.2, -0.15) is 5.26 Å². The van der Waals surface area contributed by atoms with Crippen molar-refractivity contribution in [1.29, 1.82) is 5.26 Å². The van der Waals surface area contributed by atoms with Gasteiger partial charge in [-0.25, -0.2) is 4.79 Å². The lowest BCUT2D eigenvalue weighted by Gasteiger charge is -2.05. The van der Waals surface area contributed by atoms with E-state index in [9.17, 15) is 9.59 Å². The zero-order chi connectivity index (χ0) is 11.4. The van der Waals surface area contributed by atoms with Crippen LogP contribution in [0.3, 0.4) is 0 Å². The van der Waals surface area contributed by atoms with Gasteiger partial charge in [0.25, 0.3) is 0 Å². The lowest BCUT2D eigenvalue weighted by molar-refractivity contribution is 0.0598. The maximum absolute atomic E-state index is 11.3. The van der Waals surface area contributed by atoms with Crippen LogP contribution in [-0.4, -0.2) is 19.4 Å². The Balaban J connectivity index is 3.50. The molecule has 4 nitrogen and oxygen atoms in total. The SMILES string of the molecule is COC(=O)c1c(C=O)ccc(C#N)c1Cl. The quantitative estimate of drug-likeness (QED) is 0.567. The maximum atomic E-state index is 11.3. The molecule has 5 heteroatoms. The van der Waals surface area contributed by atoms with Crippen molar-refractivity contribution < 1.29 is 14.3 Å². The number of carbonyl (C=O) groups is 2. The van der Waals surface area contributed by atoms with Crippen molar-refractivity contribution in [3.8, 4) is 6.07 Å². The molecule has 0 bridgehead atoms. The van der Waals surface area contributed by atoms with Crippen LogP contribution in [-0.2, 0) is 4.74 Å². The second-order valence-corrected chi connectivity index (χ2v) is 2.99.